The lowest BCUT2D eigenvalue weighted by atomic mass is 10.2. The largest absolute Gasteiger partial charge is 0.487 e. The van der Waals surface area contributed by atoms with Gasteiger partial charge in [0.25, 0.3) is 0 Å². The van der Waals surface area contributed by atoms with Crippen LogP contribution in [0.5, 0.6) is 5.75 Å². The van der Waals surface area contributed by atoms with E-state index in [2.05, 4.69) is 4.98 Å². The van der Waals surface area contributed by atoms with Crippen LogP contribution in [0, 0.1) is 12.7 Å². The van der Waals surface area contributed by atoms with Crippen LogP contribution in [0.4, 0.5) is 4.39 Å². The van der Waals surface area contributed by atoms with Gasteiger partial charge in [-0.05, 0) is 61.2 Å². The van der Waals surface area contributed by atoms with E-state index < -0.39 is 0 Å². The lowest BCUT2D eigenvalue weighted by Crippen LogP contribution is -2.31. The molecule has 6 heteroatoms. The molecule has 1 aromatic heterocycles. The molecule has 0 unspecified atom stereocenters. The van der Waals surface area contributed by atoms with Crippen molar-refractivity contribution < 1.29 is 13.9 Å². The van der Waals surface area contributed by atoms with Crippen LogP contribution in [0.1, 0.15) is 34.7 Å². The van der Waals surface area contributed by atoms with Crippen molar-refractivity contribution in [2.45, 2.75) is 39.0 Å². The summed E-state index contributed by atoms with van der Waals surface area (Å²) in [4.78, 5) is 19.0. The van der Waals surface area contributed by atoms with Crippen molar-refractivity contribution in [2.75, 3.05) is 0 Å². The molecule has 0 N–H and O–H groups in total. The lowest BCUT2D eigenvalue weighted by Gasteiger charge is -2.21. The lowest BCUT2D eigenvalue weighted by molar-refractivity contribution is -0.127. The molecule has 0 saturated heterocycles. The Balaban J connectivity index is 1.39. The van der Waals surface area contributed by atoms with Crippen LogP contribution in [0.15, 0.2) is 60.0 Å². The molecular weight excluding hydrogens is 399 g/mol. The van der Waals surface area contributed by atoms with Crippen molar-refractivity contribution in [2.24, 2.45) is 0 Å². The molecule has 0 aliphatic heterocycles. The third-order valence-electron chi connectivity index (χ3n) is 4.87. The Bertz CT molecular complexity index is 1040. The maximum Gasteiger partial charge on any atom is 0.247 e. The fourth-order valence-corrected chi connectivity index (χ4v) is 3.76. The number of rotatable bonds is 8. The van der Waals surface area contributed by atoms with Gasteiger partial charge >= 0.3 is 0 Å². The minimum absolute atomic E-state index is 0.0360. The van der Waals surface area contributed by atoms with Gasteiger partial charge in [-0.2, -0.15) is 0 Å². The Morgan fingerprint density at radius 3 is 2.77 bits per heavy atom. The van der Waals surface area contributed by atoms with E-state index in [1.807, 2.05) is 47.5 Å². The molecule has 1 fully saturated rings. The van der Waals surface area contributed by atoms with Crippen molar-refractivity contribution in [3.8, 4) is 5.75 Å². The Morgan fingerprint density at radius 1 is 1.27 bits per heavy atom. The Kier molecular flexibility index (Phi) is 6.23. The average molecular weight is 423 g/mol. The van der Waals surface area contributed by atoms with Crippen LogP contribution in [0.3, 0.4) is 0 Å². The molecule has 1 heterocycles. The number of carbonyl (C=O) groups excluding carboxylic acids is 1. The first-order valence-corrected chi connectivity index (χ1v) is 10.8. The molecule has 154 valence electrons. The second kappa shape index (κ2) is 9.22. The molecule has 0 atom stereocenters. The number of aryl methyl sites for hydroxylation is 1. The Hall–Kier alpha value is -2.99. The van der Waals surface area contributed by atoms with Crippen LogP contribution in [0.25, 0.3) is 6.08 Å². The Morgan fingerprint density at radius 2 is 2.07 bits per heavy atom. The van der Waals surface area contributed by atoms with Crippen molar-refractivity contribution in [1.29, 1.82) is 0 Å². The van der Waals surface area contributed by atoms with Gasteiger partial charge in [0.2, 0.25) is 5.91 Å². The maximum atomic E-state index is 13.1. The maximum absolute atomic E-state index is 13.1. The summed E-state index contributed by atoms with van der Waals surface area (Å²) >= 11 is 1.60. The van der Waals surface area contributed by atoms with Gasteiger partial charge in [-0.25, -0.2) is 9.37 Å². The molecule has 0 bridgehead atoms. The zero-order chi connectivity index (χ0) is 20.9. The van der Waals surface area contributed by atoms with E-state index in [1.54, 1.807) is 29.5 Å². The molecule has 0 spiro atoms. The number of nitrogens with zero attached hydrogens (tertiary/aromatic N) is 2. The van der Waals surface area contributed by atoms with Gasteiger partial charge in [0.1, 0.15) is 18.2 Å². The van der Waals surface area contributed by atoms with Crippen molar-refractivity contribution in [3.05, 3.63) is 87.6 Å². The highest BCUT2D eigenvalue weighted by molar-refractivity contribution is 7.09. The summed E-state index contributed by atoms with van der Waals surface area (Å²) in [6.45, 7) is 2.88. The third-order valence-corrected chi connectivity index (χ3v) is 5.69. The molecule has 1 aliphatic rings. The first-order chi connectivity index (χ1) is 14.6. The number of amides is 1. The molecule has 4 nitrogen and oxygen atoms in total. The van der Waals surface area contributed by atoms with Crippen molar-refractivity contribution >= 4 is 23.3 Å². The highest BCUT2D eigenvalue weighted by atomic mass is 32.1. The molecule has 1 aliphatic carbocycles. The number of thiazole rings is 1. The van der Waals surface area contributed by atoms with E-state index >= 15 is 0 Å². The molecule has 1 saturated carbocycles. The van der Waals surface area contributed by atoms with Crippen molar-refractivity contribution in [1.82, 2.24) is 9.88 Å². The van der Waals surface area contributed by atoms with E-state index in [1.165, 1.54) is 12.1 Å². The highest BCUT2D eigenvalue weighted by Crippen LogP contribution is 2.29. The monoisotopic (exact) mass is 422 g/mol. The first-order valence-electron chi connectivity index (χ1n) is 9.94. The van der Waals surface area contributed by atoms with Gasteiger partial charge < -0.3 is 9.64 Å². The highest BCUT2D eigenvalue weighted by Gasteiger charge is 2.31. The summed E-state index contributed by atoms with van der Waals surface area (Å²) in [5.74, 6) is 0.432. The molecular formula is C24H23FN2O2S. The van der Waals surface area contributed by atoms with Crippen LogP contribution >= 0.6 is 11.3 Å². The number of aromatic nitrogens is 1. The summed E-state index contributed by atoms with van der Waals surface area (Å²) < 4.78 is 19.0. The third kappa shape index (κ3) is 5.54. The standard InChI is InChI=1S/C24H23FN2O2S/c1-17-26-21(16-30-17)15-29-23-4-2-3-18(13-23)7-12-24(28)27(22-10-11-22)14-19-5-8-20(25)9-6-19/h2-9,12-13,16,22H,10-11,14-15H2,1H3/b12-7-. The molecule has 0 radical (unpaired) electrons. The fourth-order valence-electron chi connectivity index (χ4n) is 3.16. The Labute approximate surface area is 179 Å². The second-order valence-electron chi connectivity index (χ2n) is 7.38. The summed E-state index contributed by atoms with van der Waals surface area (Å²) in [5.41, 5.74) is 2.74. The second-order valence-corrected chi connectivity index (χ2v) is 8.44. The number of hydrogen-bond donors (Lipinski definition) is 0. The van der Waals surface area contributed by atoms with E-state index in [4.69, 9.17) is 4.74 Å². The molecule has 4 rings (SSSR count). The minimum atomic E-state index is -0.269. The van der Waals surface area contributed by atoms with Crippen LogP contribution in [-0.4, -0.2) is 21.8 Å². The van der Waals surface area contributed by atoms with Gasteiger partial charge in [-0.3, -0.25) is 4.79 Å². The van der Waals surface area contributed by atoms with Gasteiger partial charge in [0, 0.05) is 24.0 Å². The summed E-state index contributed by atoms with van der Waals surface area (Å²) in [6.07, 6.45) is 5.44. The van der Waals surface area contributed by atoms with Crippen LogP contribution < -0.4 is 4.74 Å². The van der Waals surface area contributed by atoms with E-state index in [0.717, 1.165) is 40.4 Å². The molecule has 2 aromatic carbocycles. The van der Waals surface area contributed by atoms with E-state index in [-0.39, 0.29) is 17.8 Å². The van der Waals surface area contributed by atoms with E-state index in [0.29, 0.717) is 13.2 Å². The van der Waals surface area contributed by atoms with Crippen molar-refractivity contribution in [3.63, 3.8) is 0 Å². The molecule has 30 heavy (non-hydrogen) atoms. The predicted molar refractivity (Wildman–Crippen MR) is 117 cm³/mol. The van der Waals surface area contributed by atoms with Gasteiger partial charge in [0.15, 0.2) is 0 Å². The zero-order valence-corrected chi connectivity index (χ0v) is 17.6. The quantitative estimate of drug-likeness (QED) is 0.458. The minimum Gasteiger partial charge on any atom is -0.487 e. The van der Waals surface area contributed by atoms with Gasteiger partial charge in [0.05, 0.1) is 10.7 Å². The number of ether oxygens (including phenoxy) is 1. The van der Waals surface area contributed by atoms with Gasteiger partial charge in [-0.15, -0.1) is 11.3 Å². The first kappa shape index (κ1) is 20.3. The smallest absolute Gasteiger partial charge is 0.247 e. The fraction of sp³-hybridized carbons (Fsp3) is 0.250. The topological polar surface area (TPSA) is 42.4 Å². The predicted octanol–water partition coefficient (Wildman–Crippen LogP) is 5.37. The SMILES string of the molecule is Cc1nc(COc2cccc(/C=C\C(=O)N(Cc3ccc(F)cc3)C3CC3)c2)cs1. The molecule has 3 aromatic rings. The molecule has 1 amide bonds. The summed E-state index contributed by atoms with van der Waals surface area (Å²) in [7, 11) is 0. The normalized spacial score (nSPS) is 13.5. The van der Waals surface area contributed by atoms with Crippen LogP contribution in [0.2, 0.25) is 0 Å². The van der Waals surface area contributed by atoms with Gasteiger partial charge in [-0.1, -0.05) is 24.3 Å². The summed E-state index contributed by atoms with van der Waals surface area (Å²) in [6, 6.07) is 14.2. The van der Waals surface area contributed by atoms with E-state index in [9.17, 15) is 9.18 Å². The number of halogens is 1. The van der Waals surface area contributed by atoms with Crippen LogP contribution in [-0.2, 0) is 17.9 Å². The number of hydrogen-bond acceptors (Lipinski definition) is 4. The number of carbonyl (C=O) groups is 1. The number of benzene rings is 2. The average Bonchev–Trinajstić information content (AvgIpc) is 3.51. The zero-order valence-electron chi connectivity index (χ0n) is 16.8. The summed E-state index contributed by atoms with van der Waals surface area (Å²) in [5, 5.41) is 3.01.